The van der Waals surface area contributed by atoms with Crippen LogP contribution < -0.4 is 20.3 Å². The van der Waals surface area contributed by atoms with Gasteiger partial charge in [-0.15, -0.1) is 0 Å². The lowest BCUT2D eigenvalue weighted by molar-refractivity contribution is -0.118. The van der Waals surface area contributed by atoms with Gasteiger partial charge in [-0.1, -0.05) is 31.2 Å². The molecule has 178 valence electrons. The first-order valence-electron chi connectivity index (χ1n) is 10.9. The number of amides is 1. The van der Waals surface area contributed by atoms with Crippen LogP contribution in [0.4, 0.5) is 0 Å². The molecule has 0 spiro atoms. The molecule has 0 unspecified atom stereocenters. The Labute approximate surface area is 200 Å². The van der Waals surface area contributed by atoms with E-state index in [0.29, 0.717) is 46.2 Å². The maximum absolute atomic E-state index is 13.1. The summed E-state index contributed by atoms with van der Waals surface area (Å²) in [6.07, 6.45) is 1.71. The summed E-state index contributed by atoms with van der Waals surface area (Å²) in [5.74, 6) is 0.741. The second-order valence-electron chi connectivity index (χ2n) is 7.68. The minimum atomic E-state index is -0.504. The van der Waals surface area contributed by atoms with Crippen LogP contribution in [0.2, 0.25) is 0 Å². The van der Waals surface area contributed by atoms with E-state index in [9.17, 15) is 14.4 Å². The van der Waals surface area contributed by atoms with Crippen molar-refractivity contribution in [2.45, 2.75) is 38.0 Å². The monoisotopic (exact) mass is 483 g/mol. The summed E-state index contributed by atoms with van der Waals surface area (Å²) >= 11 is 1.19. The molecule has 2 heterocycles. The number of thioether (sulfide) groups is 1. The van der Waals surface area contributed by atoms with Crippen LogP contribution in [0.25, 0.3) is 10.9 Å². The molecule has 1 amide bonds. The van der Waals surface area contributed by atoms with Gasteiger partial charge in [0, 0.05) is 13.1 Å². The summed E-state index contributed by atoms with van der Waals surface area (Å²) in [5.41, 5.74) is 1.40. The number of hydrogen-bond acceptors (Lipinski definition) is 8. The molecule has 34 heavy (non-hydrogen) atoms. The molecule has 0 aliphatic carbocycles. The molecule has 1 aliphatic rings. The van der Waals surface area contributed by atoms with Gasteiger partial charge in [0.05, 0.1) is 29.3 Å². The number of carbonyl (C=O) groups is 2. The normalized spacial score (nSPS) is 12.1. The molecule has 0 fully saturated rings. The summed E-state index contributed by atoms with van der Waals surface area (Å²) in [6.45, 7) is 3.07. The number of nitrogens with one attached hydrogen (secondary N) is 1. The highest BCUT2D eigenvalue weighted by Gasteiger charge is 2.16. The SMILES string of the molecule is CCCCn1c(SCC(=O)NCc2ccc3c(c2)OCO3)nc2cc(C(=O)OC)ccc2c1=O. The molecule has 3 aromatic rings. The predicted molar refractivity (Wildman–Crippen MR) is 127 cm³/mol. The number of fused-ring (bicyclic) bond motifs is 2. The van der Waals surface area contributed by atoms with Crippen molar-refractivity contribution in [1.82, 2.24) is 14.9 Å². The molecule has 1 aromatic heterocycles. The van der Waals surface area contributed by atoms with Gasteiger partial charge in [-0.3, -0.25) is 14.2 Å². The fraction of sp³-hybridized carbons (Fsp3) is 0.333. The highest BCUT2D eigenvalue weighted by atomic mass is 32.2. The van der Waals surface area contributed by atoms with Crippen LogP contribution in [-0.2, 0) is 22.6 Å². The molecular formula is C24H25N3O6S. The van der Waals surface area contributed by atoms with E-state index in [1.54, 1.807) is 16.7 Å². The second kappa shape index (κ2) is 10.6. The Hall–Kier alpha value is -3.53. The summed E-state index contributed by atoms with van der Waals surface area (Å²) in [6, 6.07) is 10.2. The number of aromatic nitrogens is 2. The molecule has 0 radical (unpaired) electrons. The van der Waals surface area contributed by atoms with E-state index in [4.69, 9.17) is 14.2 Å². The molecule has 2 aromatic carbocycles. The number of carbonyl (C=O) groups excluding carboxylic acids is 2. The summed E-state index contributed by atoms with van der Waals surface area (Å²) < 4.78 is 17.0. The number of rotatable bonds is 9. The molecule has 0 saturated carbocycles. The third-order valence-electron chi connectivity index (χ3n) is 5.34. The molecule has 0 bridgehead atoms. The molecule has 4 rings (SSSR count). The van der Waals surface area contributed by atoms with Gasteiger partial charge in [0.15, 0.2) is 16.7 Å². The van der Waals surface area contributed by atoms with Crippen molar-refractivity contribution in [2.75, 3.05) is 19.7 Å². The van der Waals surface area contributed by atoms with Gasteiger partial charge in [-0.05, 0) is 42.3 Å². The third-order valence-corrected chi connectivity index (χ3v) is 6.31. The van der Waals surface area contributed by atoms with Crippen molar-refractivity contribution in [3.8, 4) is 11.5 Å². The van der Waals surface area contributed by atoms with Gasteiger partial charge in [0.25, 0.3) is 5.56 Å². The van der Waals surface area contributed by atoms with Crippen molar-refractivity contribution in [2.24, 2.45) is 0 Å². The standard InChI is InChI=1S/C24H25N3O6S/c1-3-4-9-27-22(29)17-7-6-16(23(30)31-2)11-18(17)26-24(27)34-13-21(28)25-12-15-5-8-19-20(10-15)33-14-32-19/h5-8,10-11H,3-4,9,12-14H2,1-2H3,(H,25,28). The van der Waals surface area contributed by atoms with E-state index in [1.165, 1.54) is 24.9 Å². The Morgan fingerprint density at radius 2 is 2.00 bits per heavy atom. The Kier molecular flexibility index (Phi) is 7.36. The Morgan fingerprint density at radius 1 is 1.18 bits per heavy atom. The van der Waals surface area contributed by atoms with E-state index >= 15 is 0 Å². The average Bonchev–Trinajstić information content (AvgIpc) is 3.33. The summed E-state index contributed by atoms with van der Waals surface area (Å²) in [7, 11) is 1.30. The Morgan fingerprint density at radius 3 is 2.79 bits per heavy atom. The van der Waals surface area contributed by atoms with Crippen LogP contribution in [0.1, 0.15) is 35.7 Å². The first-order chi connectivity index (χ1) is 16.5. The zero-order chi connectivity index (χ0) is 24.1. The van der Waals surface area contributed by atoms with Crippen LogP contribution >= 0.6 is 11.8 Å². The number of unbranched alkanes of at least 4 members (excludes halogenated alkanes) is 1. The van der Waals surface area contributed by atoms with Crippen LogP contribution in [0, 0.1) is 0 Å². The summed E-state index contributed by atoms with van der Waals surface area (Å²) in [4.78, 5) is 42.1. The number of benzene rings is 2. The zero-order valence-electron chi connectivity index (χ0n) is 19.0. The molecule has 9 nitrogen and oxygen atoms in total. The molecule has 10 heteroatoms. The van der Waals surface area contributed by atoms with E-state index in [2.05, 4.69) is 10.3 Å². The maximum atomic E-state index is 13.1. The van der Waals surface area contributed by atoms with Crippen molar-refractivity contribution >= 4 is 34.5 Å². The van der Waals surface area contributed by atoms with Crippen molar-refractivity contribution in [3.05, 3.63) is 57.9 Å². The van der Waals surface area contributed by atoms with Crippen LogP contribution in [0.5, 0.6) is 11.5 Å². The van der Waals surface area contributed by atoms with Gasteiger partial charge in [-0.2, -0.15) is 0 Å². The zero-order valence-corrected chi connectivity index (χ0v) is 19.8. The van der Waals surface area contributed by atoms with Crippen LogP contribution in [-0.4, -0.2) is 41.1 Å². The highest BCUT2D eigenvalue weighted by molar-refractivity contribution is 7.99. The van der Waals surface area contributed by atoms with E-state index in [-0.39, 0.29) is 24.0 Å². The van der Waals surface area contributed by atoms with Crippen molar-refractivity contribution in [3.63, 3.8) is 0 Å². The maximum Gasteiger partial charge on any atom is 0.337 e. The molecule has 0 saturated heterocycles. The number of esters is 1. The quantitative estimate of drug-likeness (QED) is 0.281. The molecule has 0 atom stereocenters. The number of ether oxygens (including phenoxy) is 3. The molecular weight excluding hydrogens is 458 g/mol. The fourth-order valence-corrected chi connectivity index (χ4v) is 4.36. The van der Waals surface area contributed by atoms with E-state index < -0.39 is 5.97 Å². The minimum Gasteiger partial charge on any atom is -0.465 e. The minimum absolute atomic E-state index is 0.0886. The fourth-order valence-electron chi connectivity index (χ4n) is 3.50. The third kappa shape index (κ3) is 5.17. The van der Waals surface area contributed by atoms with Crippen LogP contribution in [0.3, 0.4) is 0 Å². The van der Waals surface area contributed by atoms with E-state index in [0.717, 1.165) is 18.4 Å². The largest absolute Gasteiger partial charge is 0.465 e. The lowest BCUT2D eigenvalue weighted by atomic mass is 10.1. The lowest BCUT2D eigenvalue weighted by Crippen LogP contribution is -2.27. The number of hydrogen-bond donors (Lipinski definition) is 1. The van der Waals surface area contributed by atoms with Crippen molar-refractivity contribution in [1.29, 1.82) is 0 Å². The lowest BCUT2D eigenvalue weighted by Gasteiger charge is -2.13. The first kappa shape index (κ1) is 23.6. The first-order valence-corrected chi connectivity index (χ1v) is 11.9. The van der Waals surface area contributed by atoms with Gasteiger partial charge < -0.3 is 19.5 Å². The van der Waals surface area contributed by atoms with Gasteiger partial charge in [0.2, 0.25) is 12.7 Å². The van der Waals surface area contributed by atoms with Crippen LogP contribution in [0.15, 0.2) is 46.3 Å². The second-order valence-corrected chi connectivity index (χ2v) is 8.62. The molecule has 1 aliphatic heterocycles. The highest BCUT2D eigenvalue weighted by Crippen LogP contribution is 2.32. The Bertz CT molecular complexity index is 1290. The number of methoxy groups -OCH3 is 1. The van der Waals surface area contributed by atoms with Gasteiger partial charge >= 0.3 is 5.97 Å². The summed E-state index contributed by atoms with van der Waals surface area (Å²) in [5, 5.41) is 3.73. The predicted octanol–water partition coefficient (Wildman–Crippen LogP) is 3.12. The Balaban J connectivity index is 1.50. The number of nitrogens with zero attached hydrogens (tertiary/aromatic N) is 2. The van der Waals surface area contributed by atoms with E-state index in [1.807, 2.05) is 25.1 Å². The topological polar surface area (TPSA) is 109 Å². The molecule has 1 N–H and O–H groups in total. The average molecular weight is 484 g/mol. The van der Waals surface area contributed by atoms with Crippen molar-refractivity contribution < 1.29 is 23.8 Å². The smallest absolute Gasteiger partial charge is 0.337 e. The van der Waals surface area contributed by atoms with Gasteiger partial charge in [0.1, 0.15) is 0 Å². The van der Waals surface area contributed by atoms with Gasteiger partial charge in [-0.25, -0.2) is 9.78 Å².